The van der Waals surface area contributed by atoms with Crippen molar-refractivity contribution in [3.63, 3.8) is 0 Å². The van der Waals surface area contributed by atoms with Gasteiger partial charge in [0.25, 0.3) is 0 Å². The van der Waals surface area contributed by atoms with E-state index in [-0.39, 0.29) is 22.1 Å². The normalized spacial score (nSPS) is 24.3. The molecule has 0 aromatic heterocycles. The topological polar surface area (TPSA) is 75.5 Å². The zero-order valence-electron chi connectivity index (χ0n) is 10.9. The van der Waals surface area contributed by atoms with Crippen LogP contribution in [-0.2, 0) is 0 Å². The number of anilines is 3. The van der Waals surface area contributed by atoms with Gasteiger partial charge in [0, 0.05) is 13.1 Å². The monoisotopic (exact) mass is 287 g/mol. The highest BCUT2D eigenvalue weighted by atomic mass is 35.5. The molecule has 0 bridgehead atoms. The van der Waals surface area contributed by atoms with E-state index >= 15 is 0 Å². The Balaban J connectivity index is 2.34. The molecule has 0 radical (unpaired) electrons. The zero-order valence-corrected chi connectivity index (χ0v) is 11.7. The zero-order chi connectivity index (χ0) is 14.2. The lowest BCUT2D eigenvalue weighted by Crippen LogP contribution is -2.29. The van der Waals surface area contributed by atoms with Crippen LogP contribution >= 0.6 is 11.6 Å². The molecule has 5 N–H and O–H groups in total. The number of benzene rings is 1. The minimum atomic E-state index is -0.711. The fraction of sp³-hybridized carbons (Fsp3) is 0.538. The quantitative estimate of drug-likeness (QED) is 0.693. The third kappa shape index (κ3) is 2.87. The molecule has 2 rings (SSSR count). The molecule has 106 valence electrons. The number of nitrogen functional groups attached to an aromatic ring is 2. The van der Waals surface area contributed by atoms with Gasteiger partial charge in [-0.1, -0.05) is 11.6 Å². The Kier molecular flexibility index (Phi) is 3.78. The van der Waals surface area contributed by atoms with Gasteiger partial charge in [-0.05, 0) is 32.3 Å². The Morgan fingerprint density at radius 3 is 2.68 bits per heavy atom. The Labute approximate surface area is 117 Å². The van der Waals surface area contributed by atoms with Crippen molar-refractivity contribution in [2.24, 2.45) is 0 Å². The van der Waals surface area contributed by atoms with E-state index in [9.17, 15) is 9.50 Å². The first-order valence-corrected chi connectivity index (χ1v) is 6.70. The van der Waals surface area contributed by atoms with E-state index in [2.05, 4.69) is 0 Å². The first kappa shape index (κ1) is 14.2. The van der Waals surface area contributed by atoms with E-state index in [1.165, 1.54) is 6.07 Å². The molecule has 6 heteroatoms. The maximum Gasteiger partial charge on any atom is 0.169 e. The summed E-state index contributed by atoms with van der Waals surface area (Å²) >= 11 is 5.84. The SMILES string of the molecule is CC1(O)CCCN(c2c(N)cc(N)c(Cl)c2F)CC1. The summed E-state index contributed by atoms with van der Waals surface area (Å²) in [4.78, 5) is 1.83. The second-order valence-corrected chi connectivity index (χ2v) is 5.75. The van der Waals surface area contributed by atoms with E-state index in [0.29, 0.717) is 25.9 Å². The van der Waals surface area contributed by atoms with Crippen LogP contribution in [0.5, 0.6) is 0 Å². The van der Waals surface area contributed by atoms with Crippen LogP contribution < -0.4 is 16.4 Å². The van der Waals surface area contributed by atoms with Crippen molar-refractivity contribution < 1.29 is 9.50 Å². The Morgan fingerprint density at radius 1 is 1.32 bits per heavy atom. The Bertz CT molecular complexity index is 493. The first-order valence-electron chi connectivity index (χ1n) is 6.32. The minimum absolute atomic E-state index is 0.0970. The average molecular weight is 288 g/mol. The van der Waals surface area contributed by atoms with Crippen LogP contribution in [-0.4, -0.2) is 23.8 Å². The van der Waals surface area contributed by atoms with Crippen LogP contribution in [0.1, 0.15) is 26.2 Å². The third-order valence-corrected chi connectivity index (χ3v) is 4.00. The summed E-state index contributed by atoms with van der Waals surface area (Å²) in [5, 5.41) is 9.96. The lowest BCUT2D eigenvalue weighted by molar-refractivity contribution is 0.0481. The van der Waals surface area contributed by atoms with Crippen molar-refractivity contribution in [2.45, 2.75) is 31.8 Å². The van der Waals surface area contributed by atoms with Gasteiger partial charge in [0.15, 0.2) is 5.82 Å². The van der Waals surface area contributed by atoms with Gasteiger partial charge >= 0.3 is 0 Å². The largest absolute Gasteiger partial charge is 0.397 e. The van der Waals surface area contributed by atoms with Crippen LogP contribution in [0.2, 0.25) is 5.02 Å². The van der Waals surface area contributed by atoms with E-state index in [1.54, 1.807) is 6.92 Å². The number of aliphatic hydroxyl groups is 1. The van der Waals surface area contributed by atoms with E-state index in [0.717, 1.165) is 6.42 Å². The van der Waals surface area contributed by atoms with Gasteiger partial charge in [0.05, 0.1) is 22.7 Å². The van der Waals surface area contributed by atoms with Gasteiger partial charge in [-0.2, -0.15) is 0 Å². The molecule has 0 amide bonds. The van der Waals surface area contributed by atoms with Gasteiger partial charge in [-0.25, -0.2) is 4.39 Å². The maximum atomic E-state index is 14.2. The molecule has 1 aromatic carbocycles. The molecular formula is C13H19ClFN3O. The summed E-state index contributed by atoms with van der Waals surface area (Å²) in [6.07, 6.45) is 2.02. The molecule has 4 nitrogen and oxygen atoms in total. The number of nitrogens with two attached hydrogens (primary N) is 2. The van der Waals surface area contributed by atoms with Crippen molar-refractivity contribution in [1.82, 2.24) is 0 Å². The van der Waals surface area contributed by atoms with Crippen LogP contribution in [0.3, 0.4) is 0 Å². The summed E-state index contributed by atoms with van der Waals surface area (Å²) < 4.78 is 14.2. The molecule has 1 aliphatic heterocycles. The van der Waals surface area contributed by atoms with Crippen molar-refractivity contribution in [1.29, 1.82) is 0 Å². The maximum absolute atomic E-state index is 14.2. The average Bonchev–Trinajstić information content (AvgIpc) is 2.48. The van der Waals surface area contributed by atoms with Gasteiger partial charge in [-0.15, -0.1) is 0 Å². The smallest absolute Gasteiger partial charge is 0.169 e. The van der Waals surface area contributed by atoms with E-state index < -0.39 is 11.4 Å². The van der Waals surface area contributed by atoms with Crippen molar-refractivity contribution >= 4 is 28.7 Å². The summed E-state index contributed by atoms with van der Waals surface area (Å²) in [7, 11) is 0. The number of halogens is 2. The molecule has 1 atom stereocenters. The van der Waals surface area contributed by atoms with Crippen LogP contribution in [0.25, 0.3) is 0 Å². The van der Waals surface area contributed by atoms with Crippen LogP contribution in [0, 0.1) is 5.82 Å². The number of nitrogens with zero attached hydrogens (tertiary/aromatic N) is 1. The molecule has 1 saturated heterocycles. The van der Waals surface area contributed by atoms with Crippen molar-refractivity contribution in [3.05, 3.63) is 16.9 Å². The van der Waals surface area contributed by atoms with E-state index in [4.69, 9.17) is 23.1 Å². The van der Waals surface area contributed by atoms with E-state index in [1.807, 2.05) is 4.90 Å². The number of hydrogen-bond acceptors (Lipinski definition) is 4. The predicted octanol–water partition coefficient (Wildman–Crippen LogP) is 2.38. The molecular weight excluding hydrogens is 269 g/mol. The molecule has 19 heavy (non-hydrogen) atoms. The fourth-order valence-corrected chi connectivity index (χ4v) is 2.61. The molecule has 1 aliphatic rings. The van der Waals surface area contributed by atoms with Gasteiger partial charge < -0.3 is 21.5 Å². The van der Waals surface area contributed by atoms with Gasteiger partial charge in [0.1, 0.15) is 5.02 Å². The number of rotatable bonds is 1. The molecule has 0 saturated carbocycles. The van der Waals surface area contributed by atoms with Crippen LogP contribution in [0.15, 0.2) is 6.07 Å². The molecule has 1 aromatic rings. The minimum Gasteiger partial charge on any atom is -0.397 e. The van der Waals surface area contributed by atoms with Crippen molar-refractivity contribution in [2.75, 3.05) is 29.5 Å². The summed E-state index contributed by atoms with van der Waals surface area (Å²) in [5.74, 6) is -0.583. The Hall–Kier alpha value is -1.20. The molecule has 0 aliphatic carbocycles. The summed E-state index contributed by atoms with van der Waals surface area (Å²) in [6, 6.07) is 1.48. The molecule has 1 fully saturated rings. The van der Waals surface area contributed by atoms with Gasteiger partial charge in [-0.3, -0.25) is 0 Å². The van der Waals surface area contributed by atoms with Crippen molar-refractivity contribution in [3.8, 4) is 0 Å². The highest BCUT2D eigenvalue weighted by Crippen LogP contribution is 2.37. The lowest BCUT2D eigenvalue weighted by atomic mass is 9.98. The third-order valence-electron chi connectivity index (χ3n) is 3.62. The molecule has 1 heterocycles. The van der Waals surface area contributed by atoms with Crippen LogP contribution in [0.4, 0.5) is 21.5 Å². The summed E-state index contributed by atoms with van der Waals surface area (Å²) in [5.41, 5.74) is 11.4. The standard InChI is InChI=1S/C13H19ClFN3O/c1-13(19)3-2-5-18(6-4-13)12-9(17)7-8(16)10(14)11(12)15/h7,19H,2-6,16-17H2,1H3. The molecule has 0 spiro atoms. The summed E-state index contributed by atoms with van der Waals surface area (Å²) in [6.45, 7) is 2.97. The highest BCUT2D eigenvalue weighted by molar-refractivity contribution is 6.33. The second-order valence-electron chi connectivity index (χ2n) is 5.37. The predicted molar refractivity (Wildman–Crippen MR) is 76.9 cm³/mol. The number of hydrogen-bond donors (Lipinski definition) is 3. The molecule has 1 unspecified atom stereocenters. The fourth-order valence-electron chi connectivity index (χ4n) is 2.47. The van der Waals surface area contributed by atoms with Gasteiger partial charge in [0.2, 0.25) is 0 Å². The first-order chi connectivity index (χ1) is 8.82. The highest BCUT2D eigenvalue weighted by Gasteiger charge is 2.28. The Morgan fingerprint density at radius 2 is 2.00 bits per heavy atom. The second kappa shape index (κ2) is 5.06. The lowest BCUT2D eigenvalue weighted by Gasteiger charge is -2.26.